The summed E-state index contributed by atoms with van der Waals surface area (Å²) in [5.74, 6) is -0.960. The lowest BCUT2D eigenvalue weighted by atomic mass is 10.0. The maximum Gasteiger partial charge on any atom is 0.282 e. The second-order valence-electron chi connectivity index (χ2n) is 7.28. The Morgan fingerprint density at radius 1 is 0.871 bits per heavy atom. The molecular formula is C24H19N3O4. The molecule has 0 radical (unpaired) electrons. The molecule has 0 bridgehead atoms. The summed E-state index contributed by atoms with van der Waals surface area (Å²) >= 11 is 0. The molecule has 0 aliphatic carbocycles. The van der Waals surface area contributed by atoms with Gasteiger partial charge in [-0.25, -0.2) is 4.90 Å². The predicted octanol–water partition coefficient (Wildman–Crippen LogP) is 4.61. The molecule has 7 heteroatoms. The Balaban J connectivity index is 1.83. The van der Waals surface area contributed by atoms with Crippen molar-refractivity contribution in [2.24, 2.45) is 0 Å². The van der Waals surface area contributed by atoms with Crippen LogP contribution in [-0.4, -0.2) is 16.7 Å². The van der Waals surface area contributed by atoms with Gasteiger partial charge in [-0.1, -0.05) is 35.9 Å². The molecule has 0 saturated carbocycles. The minimum absolute atomic E-state index is 0.0927. The second-order valence-corrected chi connectivity index (χ2v) is 7.28. The SMILES string of the molecule is Cc1ccc(N2C(=O)C(Nc3ccccc3)=C(c3ccc([N+](=O)[O-])cc3)C2=O)c(C)c1. The molecule has 0 aromatic heterocycles. The average Bonchev–Trinajstić information content (AvgIpc) is 2.99. The molecule has 3 aromatic rings. The van der Waals surface area contributed by atoms with E-state index in [9.17, 15) is 19.7 Å². The lowest BCUT2D eigenvalue weighted by Gasteiger charge is -2.18. The third kappa shape index (κ3) is 3.69. The van der Waals surface area contributed by atoms with E-state index in [-0.39, 0.29) is 17.0 Å². The largest absolute Gasteiger partial charge is 0.350 e. The standard InChI is InChI=1S/C24H19N3O4/c1-15-8-13-20(16(2)14-15)26-23(28)21(17-9-11-19(12-10-17)27(30)31)22(24(26)29)25-18-6-4-3-5-7-18/h3-14,25H,1-2H3. The van der Waals surface area contributed by atoms with Crippen LogP contribution in [-0.2, 0) is 9.59 Å². The fraction of sp³-hybridized carbons (Fsp3) is 0.0833. The smallest absolute Gasteiger partial charge is 0.282 e. The fourth-order valence-corrected chi connectivity index (χ4v) is 3.60. The zero-order valence-corrected chi connectivity index (χ0v) is 17.0. The maximum atomic E-state index is 13.4. The number of hydrogen-bond acceptors (Lipinski definition) is 5. The second kappa shape index (κ2) is 7.87. The molecule has 0 saturated heterocycles. The van der Waals surface area contributed by atoms with Gasteiger partial charge < -0.3 is 5.32 Å². The highest BCUT2D eigenvalue weighted by Crippen LogP contribution is 2.35. The van der Waals surface area contributed by atoms with Crippen LogP contribution >= 0.6 is 0 Å². The van der Waals surface area contributed by atoms with E-state index in [1.165, 1.54) is 24.3 Å². The van der Waals surface area contributed by atoms with Crippen LogP contribution in [0.4, 0.5) is 17.1 Å². The lowest BCUT2D eigenvalue weighted by molar-refractivity contribution is -0.384. The Morgan fingerprint density at radius 2 is 1.55 bits per heavy atom. The van der Waals surface area contributed by atoms with Gasteiger partial charge >= 0.3 is 0 Å². The molecule has 2 amide bonds. The number of imide groups is 1. The number of anilines is 2. The van der Waals surface area contributed by atoms with Crippen LogP contribution < -0.4 is 10.2 Å². The first-order chi connectivity index (χ1) is 14.9. The Labute approximate surface area is 178 Å². The highest BCUT2D eigenvalue weighted by atomic mass is 16.6. The summed E-state index contributed by atoms with van der Waals surface area (Å²) in [7, 11) is 0. The normalized spacial score (nSPS) is 13.7. The molecule has 1 N–H and O–H groups in total. The van der Waals surface area contributed by atoms with Crippen LogP contribution in [0.1, 0.15) is 16.7 Å². The molecule has 0 spiro atoms. The van der Waals surface area contributed by atoms with Crippen molar-refractivity contribution >= 4 is 34.4 Å². The number of para-hydroxylation sites is 1. The van der Waals surface area contributed by atoms with Crippen LogP contribution in [0.25, 0.3) is 5.57 Å². The van der Waals surface area contributed by atoms with Gasteiger partial charge in [0.2, 0.25) is 0 Å². The Hall–Kier alpha value is -4.26. The predicted molar refractivity (Wildman–Crippen MR) is 118 cm³/mol. The van der Waals surface area contributed by atoms with E-state index >= 15 is 0 Å². The Bertz CT molecular complexity index is 1230. The van der Waals surface area contributed by atoms with Crippen LogP contribution in [0.5, 0.6) is 0 Å². The van der Waals surface area contributed by atoms with Crippen molar-refractivity contribution in [3.8, 4) is 0 Å². The quantitative estimate of drug-likeness (QED) is 0.375. The zero-order valence-electron chi connectivity index (χ0n) is 17.0. The van der Waals surface area contributed by atoms with Crippen molar-refractivity contribution in [2.75, 3.05) is 10.2 Å². The van der Waals surface area contributed by atoms with Crippen LogP contribution in [0.2, 0.25) is 0 Å². The Kier molecular flexibility index (Phi) is 5.09. The van der Waals surface area contributed by atoms with Gasteiger partial charge in [0.15, 0.2) is 0 Å². The van der Waals surface area contributed by atoms with Gasteiger partial charge in [0.1, 0.15) is 5.70 Å². The number of amides is 2. The molecule has 1 aliphatic rings. The van der Waals surface area contributed by atoms with E-state index < -0.39 is 16.7 Å². The molecule has 3 aromatic carbocycles. The van der Waals surface area contributed by atoms with Gasteiger partial charge in [-0.3, -0.25) is 19.7 Å². The summed E-state index contributed by atoms with van der Waals surface area (Å²) in [5.41, 5.74) is 3.61. The summed E-state index contributed by atoms with van der Waals surface area (Å²) in [6.45, 7) is 3.78. The zero-order chi connectivity index (χ0) is 22.1. The molecule has 0 unspecified atom stereocenters. The molecule has 0 atom stereocenters. The summed E-state index contributed by atoms with van der Waals surface area (Å²) in [6, 6.07) is 20.2. The molecule has 1 aliphatic heterocycles. The molecule has 154 valence electrons. The van der Waals surface area contributed by atoms with Crippen LogP contribution in [0.3, 0.4) is 0 Å². The Morgan fingerprint density at radius 3 is 2.16 bits per heavy atom. The third-order valence-electron chi connectivity index (χ3n) is 5.09. The molecule has 31 heavy (non-hydrogen) atoms. The number of aryl methyl sites for hydroxylation is 2. The minimum atomic E-state index is -0.509. The number of nitrogens with one attached hydrogen (secondary N) is 1. The van der Waals surface area contributed by atoms with Crippen molar-refractivity contribution in [2.45, 2.75) is 13.8 Å². The van der Waals surface area contributed by atoms with Crippen molar-refractivity contribution in [3.05, 3.63) is 105 Å². The number of carbonyl (C=O) groups excluding carboxylic acids is 2. The van der Waals surface area contributed by atoms with E-state index in [4.69, 9.17) is 0 Å². The van der Waals surface area contributed by atoms with Gasteiger partial charge in [-0.15, -0.1) is 0 Å². The minimum Gasteiger partial charge on any atom is -0.350 e. The number of nitro benzene ring substituents is 1. The van der Waals surface area contributed by atoms with Gasteiger partial charge in [0, 0.05) is 17.8 Å². The summed E-state index contributed by atoms with van der Waals surface area (Å²) in [6.07, 6.45) is 0. The number of hydrogen-bond donors (Lipinski definition) is 1. The number of nitro groups is 1. The van der Waals surface area contributed by atoms with E-state index in [0.717, 1.165) is 16.0 Å². The van der Waals surface area contributed by atoms with E-state index in [0.29, 0.717) is 16.9 Å². The van der Waals surface area contributed by atoms with Crippen molar-refractivity contribution in [1.82, 2.24) is 0 Å². The van der Waals surface area contributed by atoms with Crippen LogP contribution in [0, 0.1) is 24.0 Å². The van der Waals surface area contributed by atoms with E-state index in [1.54, 1.807) is 18.2 Å². The molecule has 7 nitrogen and oxygen atoms in total. The van der Waals surface area contributed by atoms with E-state index in [1.807, 2.05) is 44.2 Å². The first kappa shape index (κ1) is 20.0. The number of benzene rings is 3. The molecule has 4 rings (SSSR count). The van der Waals surface area contributed by atoms with Gasteiger partial charge in [0.05, 0.1) is 16.2 Å². The number of rotatable bonds is 5. The first-order valence-corrected chi connectivity index (χ1v) is 9.64. The number of non-ortho nitro benzene ring substituents is 1. The highest BCUT2D eigenvalue weighted by molar-refractivity contribution is 6.46. The summed E-state index contributed by atoms with van der Waals surface area (Å²) < 4.78 is 0. The summed E-state index contributed by atoms with van der Waals surface area (Å²) in [4.78, 5) is 38.5. The van der Waals surface area contributed by atoms with Crippen molar-refractivity contribution < 1.29 is 14.5 Å². The van der Waals surface area contributed by atoms with Crippen molar-refractivity contribution in [1.29, 1.82) is 0 Å². The average molecular weight is 413 g/mol. The monoisotopic (exact) mass is 413 g/mol. The number of nitrogens with zero attached hydrogens (tertiary/aromatic N) is 2. The van der Waals surface area contributed by atoms with Crippen molar-refractivity contribution in [3.63, 3.8) is 0 Å². The molecular weight excluding hydrogens is 394 g/mol. The third-order valence-corrected chi connectivity index (χ3v) is 5.09. The molecule has 1 heterocycles. The summed E-state index contributed by atoms with van der Waals surface area (Å²) in [5, 5.41) is 14.1. The van der Waals surface area contributed by atoms with Crippen LogP contribution in [0.15, 0.2) is 78.5 Å². The van der Waals surface area contributed by atoms with Gasteiger partial charge in [-0.05, 0) is 55.3 Å². The fourth-order valence-electron chi connectivity index (χ4n) is 3.60. The first-order valence-electron chi connectivity index (χ1n) is 9.64. The lowest BCUT2D eigenvalue weighted by Crippen LogP contribution is -2.33. The topological polar surface area (TPSA) is 92.6 Å². The highest BCUT2D eigenvalue weighted by Gasteiger charge is 2.40. The number of carbonyl (C=O) groups is 2. The van der Waals surface area contributed by atoms with E-state index in [2.05, 4.69) is 5.32 Å². The van der Waals surface area contributed by atoms with Gasteiger partial charge in [0.25, 0.3) is 17.5 Å². The van der Waals surface area contributed by atoms with Gasteiger partial charge in [-0.2, -0.15) is 0 Å². The molecule has 0 fully saturated rings. The maximum absolute atomic E-state index is 13.4.